The highest BCUT2D eigenvalue weighted by atomic mass is 16.6. The normalized spacial score (nSPS) is 20.5. The van der Waals surface area contributed by atoms with Crippen LogP contribution in [0.3, 0.4) is 0 Å². The Labute approximate surface area is 163 Å². The molecule has 9 nitrogen and oxygen atoms in total. The lowest BCUT2D eigenvalue weighted by atomic mass is 9.94. The molecule has 2 rings (SSSR count). The molecule has 2 N–H and O–H groups in total. The molecule has 0 radical (unpaired) electrons. The van der Waals surface area contributed by atoms with Crippen molar-refractivity contribution >= 4 is 23.3 Å². The number of hydrogen-bond donors (Lipinski definition) is 2. The molecule has 1 fully saturated rings. The van der Waals surface area contributed by atoms with Crippen LogP contribution in [0.2, 0.25) is 0 Å². The summed E-state index contributed by atoms with van der Waals surface area (Å²) < 4.78 is 10.1. The molecule has 1 aromatic rings. The van der Waals surface area contributed by atoms with Crippen LogP contribution in [-0.4, -0.2) is 43.1 Å². The van der Waals surface area contributed by atoms with E-state index in [1.54, 1.807) is 6.92 Å². The van der Waals surface area contributed by atoms with E-state index in [9.17, 15) is 19.7 Å². The number of nitrogens with zero attached hydrogens (tertiary/aromatic N) is 1. The van der Waals surface area contributed by atoms with Gasteiger partial charge in [0.2, 0.25) is 5.91 Å². The zero-order valence-corrected chi connectivity index (χ0v) is 16.4. The third kappa shape index (κ3) is 5.41. The number of esters is 1. The van der Waals surface area contributed by atoms with Gasteiger partial charge in [0.25, 0.3) is 5.69 Å². The number of non-ortho nitro benzene ring substituents is 1. The van der Waals surface area contributed by atoms with E-state index in [0.29, 0.717) is 5.75 Å². The summed E-state index contributed by atoms with van der Waals surface area (Å²) in [6.07, 6.45) is 4.45. The highest BCUT2D eigenvalue weighted by Crippen LogP contribution is 2.29. The zero-order chi connectivity index (χ0) is 20.7. The number of hydrogen-bond acceptors (Lipinski definition) is 7. The summed E-state index contributed by atoms with van der Waals surface area (Å²) in [7, 11) is 2.79. The summed E-state index contributed by atoms with van der Waals surface area (Å²) in [6, 6.07) is 3.22. The maximum atomic E-state index is 12.7. The van der Waals surface area contributed by atoms with E-state index in [-0.39, 0.29) is 35.2 Å². The number of rotatable bonds is 7. The Morgan fingerprint density at radius 3 is 2.57 bits per heavy atom. The van der Waals surface area contributed by atoms with Crippen LogP contribution >= 0.6 is 0 Å². The van der Waals surface area contributed by atoms with Crippen molar-refractivity contribution in [3.8, 4) is 5.75 Å². The van der Waals surface area contributed by atoms with Crippen LogP contribution < -0.4 is 15.4 Å². The van der Waals surface area contributed by atoms with Crippen molar-refractivity contribution in [1.82, 2.24) is 5.32 Å². The van der Waals surface area contributed by atoms with Crippen molar-refractivity contribution in [2.75, 3.05) is 19.5 Å². The van der Waals surface area contributed by atoms with E-state index in [4.69, 9.17) is 9.47 Å². The predicted octanol–water partition coefficient (Wildman–Crippen LogP) is 2.64. The first-order chi connectivity index (χ1) is 13.4. The van der Waals surface area contributed by atoms with Crippen molar-refractivity contribution in [1.29, 1.82) is 0 Å². The SMILES string of the molecule is COC(=O)[C@@H]1CCCCC[C@@H]1N[C@@H](C)C(=O)Nc1cc([N+](=O)[O-])ccc1OC. The number of carbonyl (C=O) groups excluding carboxylic acids is 2. The number of nitro groups is 1. The number of anilines is 1. The molecule has 28 heavy (non-hydrogen) atoms. The van der Waals surface area contributed by atoms with Crippen LogP contribution in [0.4, 0.5) is 11.4 Å². The van der Waals surface area contributed by atoms with Crippen LogP contribution in [0.15, 0.2) is 18.2 Å². The Bertz CT molecular complexity index is 724. The lowest BCUT2D eigenvalue weighted by Crippen LogP contribution is -2.48. The molecule has 0 heterocycles. The topological polar surface area (TPSA) is 120 Å². The molecule has 0 saturated heterocycles. The number of amides is 1. The van der Waals surface area contributed by atoms with Crippen LogP contribution in [-0.2, 0) is 14.3 Å². The van der Waals surface area contributed by atoms with Crippen LogP contribution in [0.25, 0.3) is 0 Å². The molecular formula is C19H27N3O6. The number of ether oxygens (including phenoxy) is 2. The summed E-state index contributed by atoms with van der Waals surface area (Å²) in [5, 5.41) is 16.9. The largest absolute Gasteiger partial charge is 0.495 e. The molecule has 0 bridgehead atoms. The van der Waals surface area contributed by atoms with Gasteiger partial charge in [0.05, 0.1) is 36.8 Å². The second kappa shape index (κ2) is 10.0. The molecule has 154 valence electrons. The second-order valence-electron chi connectivity index (χ2n) is 6.89. The molecule has 1 aliphatic rings. The fourth-order valence-corrected chi connectivity index (χ4v) is 3.49. The van der Waals surface area contributed by atoms with Gasteiger partial charge >= 0.3 is 5.97 Å². The van der Waals surface area contributed by atoms with Gasteiger partial charge in [0.1, 0.15) is 5.75 Å². The van der Waals surface area contributed by atoms with E-state index in [1.165, 1.54) is 32.4 Å². The lowest BCUT2D eigenvalue weighted by Gasteiger charge is -2.27. The molecular weight excluding hydrogens is 366 g/mol. The zero-order valence-electron chi connectivity index (χ0n) is 16.4. The Morgan fingerprint density at radius 2 is 1.93 bits per heavy atom. The Morgan fingerprint density at radius 1 is 1.21 bits per heavy atom. The highest BCUT2D eigenvalue weighted by molar-refractivity contribution is 5.96. The van der Waals surface area contributed by atoms with E-state index < -0.39 is 11.0 Å². The number of benzene rings is 1. The van der Waals surface area contributed by atoms with Crippen molar-refractivity contribution in [3.63, 3.8) is 0 Å². The molecule has 1 saturated carbocycles. The van der Waals surface area contributed by atoms with E-state index in [2.05, 4.69) is 10.6 Å². The van der Waals surface area contributed by atoms with Crippen molar-refractivity contribution in [3.05, 3.63) is 28.3 Å². The molecule has 1 amide bonds. The predicted molar refractivity (Wildman–Crippen MR) is 103 cm³/mol. The highest BCUT2D eigenvalue weighted by Gasteiger charge is 2.32. The van der Waals surface area contributed by atoms with Gasteiger partial charge in [-0.25, -0.2) is 0 Å². The molecule has 0 aliphatic heterocycles. The van der Waals surface area contributed by atoms with Crippen molar-refractivity contribution in [2.24, 2.45) is 5.92 Å². The van der Waals surface area contributed by atoms with Crippen molar-refractivity contribution in [2.45, 2.75) is 51.1 Å². The first kappa shape index (κ1) is 21.6. The smallest absolute Gasteiger partial charge is 0.310 e. The van der Waals surface area contributed by atoms with Gasteiger partial charge in [0, 0.05) is 18.2 Å². The molecule has 3 atom stereocenters. The van der Waals surface area contributed by atoms with E-state index in [1.807, 2.05) is 0 Å². The van der Waals surface area contributed by atoms with Gasteiger partial charge in [-0.05, 0) is 25.8 Å². The average Bonchev–Trinajstić information content (AvgIpc) is 2.92. The fraction of sp³-hybridized carbons (Fsp3) is 0.579. The minimum atomic E-state index is -0.612. The van der Waals surface area contributed by atoms with E-state index in [0.717, 1.165) is 32.1 Å². The average molecular weight is 393 g/mol. The van der Waals surface area contributed by atoms with Crippen LogP contribution in [0, 0.1) is 16.0 Å². The van der Waals surface area contributed by atoms with Gasteiger partial charge in [-0.2, -0.15) is 0 Å². The maximum Gasteiger partial charge on any atom is 0.310 e. The first-order valence-electron chi connectivity index (χ1n) is 9.34. The summed E-state index contributed by atoms with van der Waals surface area (Å²) in [5.74, 6) is -0.609. The molecule has 1 aliphatic carbocycles. The number of nitro benzene ring substituents is 1. The van der Waals surface area contributed by atoms with Crippen molar-refractivity contribution < 1.29 is 24.0 Å². The summed E-state index contributed by atoms with van der Waals surface area (Å²) >= 11 is 0. The van der Waals surface area contributed by atoms with Crippen LogP contribution in [0.1, 0.15) is 39.0 Å². The number of methoxy groups -OCH3 is 2. The quantitative estimate of drug-likeness (QED) is 0.316. The number of carbonyl (C=O) groups is 2. The summed E-state index contributed by atoms with van der Waals surface area (Å²) in [4.78, 5) is 35.2. The van der Waals surface area contributed by atoms with Gasteiger partial charge in [-0.15, -0.1) is 0 Å². The molecule has 1 aromatic carbocycles. The Kier molecular flexibility index (Phi) is 7.74. The third-order valence-electron chi connectivity index (χ3n) is 5.03. The van der Waals surface area contributed by atoms with Gasteiger partial charge in [-0.1, -0.05) is 19.3 Å². The summed E-state index contributed by atoms with van der Waals surface area (Å²) in [5.41, 5.74) is 0.0759. The number of nitrogens with one attached hydrogen (secondary N) is 2. The Balaban J connectivity index is 2.10. The molecule has 9 heteroatoms. The minimum absolute atomic E-state index is 0.147. The molecule has 0 aromatic heterocycles. The van der Waals surface area contributed by atoms with Crippen LogP contribution in [0.5, 0.6) is 5.75 Å². The lowest BCUT2D eigenvalue weighted by molar-refractivity contribution is -0.384. The Hall–Kier alpha value is -2.68. The fourth-order valence-electron chi connectivity index (χ4n) is 3.49. The van der Waals surface area contributed by atoms with Gasteiger partial charge < -0.3 is 20.1 Å². The maximum absolute atomic E-state index is 12.7. The van der Waals surface area contributed by atoms with Gasteiger partial charge in [-0.3, -0.25) is 19.7 Å². The monoisotopic (exact) mass is 393 g/mol. The second-order valence-corrected chi connectivity index (χ2v) is 6.89. The third-order valence-corrected chi connectivity index (χ3v) is 5.03. The molecule has 0 spiro atoms. The molecule has 0 unspecified atom stereocenters. The minimum Gasteiger partial charge on any atom is -0.495 e. The van der Waals surface area contributed by atoms with Gasteiger partial charge in [0.15, 0.2) is 0 Å². The summed E-state index contributed by atoms with van der Waals surface area (Å²) in [6.45, 7) is 1.69. The standard InChI is InChI=1S/C19H27N3O6/c1-12(20-15-8-6-4-5-7-14(15)19(24)28-3)18(23)21-16-11-13(22(25)26)9-10-17(16)27-2/h9-12,14-15,20H,4-8H2,1-3H3,(H,21,23)/t12-,14+,15-/m0/s1. The van der Waals surface area contributed by atoms with E-state index >= 15 is 0 Å². The first-order valence-corrected chi connectivity index (χ1v) is 9.34.